The second-order valence-electron chi connectivity index (χ2n) is 3.79. The molecule has 0 fully saturated rings. The van der Waals surface area contributed by atoms with Gasteiger partial charge in [-0.3, -0.25) is 4.40 Å². The fourth-order valence-electron chi connectivity index (χ4n) is 1.87. The zero-order valence-corrected chi connectivity index (χ0v) is 12.9. The summed E-state index contributed by atoms with van der Waals surface area (Å²) >= 11 is 3.34. The van der Waals surface area contributed by atoms with E-state index in [1.807, 2.05) is 28.2 Å². The number of ether oxygens (including phenoxy) is 1. The molecule has 0 atom stereocenters. The van der Waals surface area contributed by atoms with Crippen LogP contribution >= 0.6 is 35.5 Å². The number of imidazole rings is 1. The third-order valence-corrected chi connectivity index (χ3v) is 4.27. The van der Waals surface area contributed by atoms with Crippen molar-refractivity contribution in [2.24, 2.45) is 0 Å². The number of fused-ring (bicyclic) bond motifs is 1. The van der Waals surface area contributed by atoms with E-state index in [1.54, 1.807) is 30.2 Å². The smallest absolute Gasteiger partial charge is 0.194 e. The molecule has 0 saturated carbocycles. The number of benzene rings is 1. The minimum Gasteiger partial charge on any atom is -0.496 e. The van der Waals surface area contributed by atoms with Gasteiger partial charge in [-0.1, -0.05) is 0 Å². The fourth-order valence-corrected chi connectivity index (χ4v) is 3.00. The van der Waals surface area contributed by atoms with E-state index in [9.17, 15) is 0 Å². The van der Waals surface area contributed by atoms with Gasteiger partial charge < -0.3 is 4.74 Å². The molecule has 2 heterocycles. The number of rotatable bonds is 3. The Morgan fingerprint density at radius 3 is 2.89 bits per heavy atom. The average Bonchev–Trinajstić information content (AvgIpc) is 2.98. The van der Waals surface area contributed by atoms with Gasteiger partial charge in [0.25, 0.3) is 0 Å². The van der Waals surface area contributed by atoms with Crippen LogP contribution in [0.1, 0.15) is 0 Å². The van der Waals surface area contributed by atoms with Crippen LogP contribution < -0.4 is 4.74 Å². The van der Waals surface area contributed by atoms with Crippen molar-refractivity contribution in [1.29, 1.82) is 0 Å². The highest BCUT2D eigenvalue weighted by Gasteiger charge is 2.11. The van der Waals surface area contributed by atoms with Crippen LogP contribution in [0.2, 0.25) is 0 Å². The molecule has 0 aliphatic rings. The Labute approximate surface area is 126 Å². The molecule has 0 aliphatic heterocycles. The maximum Gasteiger partial charge on any atom is 0.194 e. The summed E-state index contributed by atoms with van der Waals surface area (Å²) in [6.45, 7) is 0. The quantitative estimate of drug-likeness (QED) is 0.678. The van der Waals surface area contributed by atoms with E-state index in [0.29, 0.717) is 0 Å². The molecule has 3 nitrogen and oxygen atoms in total. The van der Waals surface area contributed by atoms with Crippen LogP contribution in [0.5, 0.6) is 5.75 Å². The SMILES string of the molecule is COc1cc(SC)ccc1-c1cn2ccsc2n1.Cl. The number of hydrogen-bond acceptors (Lipinski definition) is 4. The number of methoxy groups -OCH3 is 1. The molecule has 0 aliphatic carbocycles. The van der Waals surface area contributed by atoms with E-state index in [1.165, 1.54) is 4.90 Å². The van der Waals surface area contributed by atoms with E-state index in [0.717, 1.165) is 22.0 Å². The van der Waals surface area contributed by atoms with Crippen molar-refractivity contribution in [2.75, 3.05) is 13.4 Å². The first-order chi connectivity index (χ1) is 8.81. The van der Waals surface area contributed by atoms with Gasteiger partial charge in [0.2, 0.25) is 0 Å². The van der Waals surface area contributed by atoms with Crippen molar-refractivity contribution in [3.05, 3.63) is 36.0 Å². The van der Waals surface area contributed by atoms with E-state index in [4.69, 9.17) is 4.74 Å². The summed E-state index contributed by atoms with van der Waals surface area (Å²) in [6.07, 6.45) is 6.10. The number of thiazole rings is 1. The second-order valence-corrected chi connectivity index (χ2v) is 5.54. The zero-order chi connectivity index (χ0) is 12.5. The minimum atomic E-state index is 0. The Kier molecular flexibility index (Phi) is 4.39. The van der Waals surface area contributed by atoms with Gasteiger partial charge in [-0.25, -0.2) is 4.98 Å². The van der Waals surface area contributed by atoms with Crippen LogP contribution in [0.25, 0.3) is 16.2 Å². The van der Waals surface area contributed by atoms with Crippen molar-refractivity contribution in [3.63, 3.8) is 0 Å². The van der Waals surface area contributed by atoms with E-state index in [-0.39, 0.29) is 12.4 Å². The number of hydrogen-bond donors (Lipinski definition) is 0. The number of aromatic nitrogens is 2. The van der Waals surface area contributed by atoms with Gasteiger partial charge in [0.1, 0.15) is 5.75 Å². The van der Waals surface area contributed by atoms with Crippen molar-refractivity contribution >= 4 is 40.5 Å². The molecule has 0 bridgehead atoms. The molecule has 6 heteroatoms. The predicted octanol–water partition coefficient (Wildman–Crippen LogP) is 4.22. The van der Waals surface area contributed by atoms with Crippen LogP contribution in [0.15, 0.2) is 40.9 Å². The molecule has 1 aromatic carbocycles. The molecule has 0 radical (unpaired) electrons. The standard InChI is InChI=1S/C13H12N2OS2.ClH/c1-16-12-7-9(17-2)3-4-10(12)11-8-15-5-6-18-13(15)14-11;/h3-8H,1-2H3;1H. The lowest BCUT2D eigenvalue weighted by atomic mass is 10.1. The topological polar surface area (TPSA) is 26.5 Å². The van der Waals surface area contributed by atoms with Gasteiger partial charge in [0, 0.05) is 28.2 Å². The Balaban J connectivity index is 0.00000133. The van der Waals surface area contributed by atoms with Gasteiger partial charge in [0.05, 0.1) is 12.8 Å². The molecule has 100 valence electrons. The lowest BCUT2D eigenvalue weighted by Gasteiger charge is -2.07. The summed E-state index contributed by atoms with van der Waals surface area (Å²) in [5.74, 6) is 0.868. The van der Waals surface area contributed by atoms with Gasteiger partial charge in [-0.15, -0.1) is 35.5 Å². The Morgan fingerprint density at radius 2 is 2.21 bits per heavy atom. The van der Waals surface area contributed by atoms with E-state index in [2.05, 4.69) is 23.4 Å². The highest BCUT2D eigenvalue weighted by molar-refractivity contribution is 7.98. The van der Waals surface area contributed by atoms with E-state index >= 15 is 0 Å². The normalized spacial score (nSPS) is 10.4. The summed E-state index contributed by atoms with van der Waals surface area (Å²) in [6, 6.07) is 6.21. The lowest BCUT2D eigenvalue weighted by Crippen LogP contribution is -1.88. The molecule has 0 saturated heterocycles. The minimum absolute atomic E-state index is 0. The fraction of sp³-hybridized carbons (Fsp3) is 0.154. The Bertz CT molecular complexity index is 664. The lowest BCUT2D eigenvalue weighted by molar-refractivity contribution is 0.415. The number of halogens is 1. The molecule has 3 rings (SSSR count). The molecule has 2 aromatic heterocycles. The highest BCUT2D eigenvalue weighted by atomic mass is 35.5. The summed E-state index contributed by atoms with van der Waals surface area (Å²) in [5, 5.41) is 2.03. The first-order valence-electron chi connectivity index (χ1n) is 5.46. The molecule has 0 spiro atoms. The third-order valence-electron chi connectivity index (χ3n) is 2.78. The van der Waals surface area contributed by atoms with Crippen molar-refractivity contribution in [2.45, 2.75) is 4.90 Å². The average molecular weight is 313 g/mol. The van der Waals surface area contributed by atoms with Gasteiger partial charge >= 0.3 is 0 Å². The maximum atomic E-state index is 5.46. The number of thioether (sulfide) groups is 1. The van der Waals surface area contributed by atoms with Crippen LogP contribution in [0.3, 0.4) is 0 Å². The van der Waals surface area contributed by atoms with Crippen LogP contribution in [0, 0.1) is 0 Å². The highest BCUT2D eigenvalue weighted by Crippen LogP contribution is 2.33. The van der Waals surface area contributed by atoms with Crippen molar-refractivity contribution in [3.8, 4) is 17.0 Å². The van der Waals surface area contributed by atoms with Gasteiger partial charge in [0.15, 0.2) is 4.96 Å². The molecule has 0 unspecified atom stereocenters. The molecular formula is C13H13ClN2OS2. The largest absolute Gasteiger partial charge is 0.496 e. The monoisotopic (exact) mass is 312 g/mol. The molecular weight excluding hydrogens is 300 g/mol. The van der Waals surface area contributed by atoms with Crippen molar-refractivity contribution in [1.82, 2.24) is 9.38 Å². The summed E-state index contributed by atoms with van der Waals surface area (Å²) < 4.78 is 7.49. The third kappa shape index (κ3) is 2.59. The van der Waals surface area contributed by atoms with Gasteiger partial charge in [-0.05, 0) is 24.5 Å². The summed E-state index contributed by atoms with van der Waals surface area (Å²) in [7, 11) is 1.70. The second kappa shape index (κ2) is 5.86. The van der Waals surface area contributed by atoms with Crippen LogP contribution in [-0.2, 0) is 0 Å². The number of nitrogens with zero attached hydrogens (tertiary/aromatic N) is 2. The van der Waals surface area contributed by atoms with Crippen LogP contribution in [0.4, 0.5) is 0 Å². The summed E-state index contributed by atoms with van der Waals surface area (Å²) in [4.78, 5) is 6.79. The molecule has 0 amide bonds. The first-order valence-corrected chi connectivity index (χ1v) is 7.57. The predicted molar refractivity (Wildman–Crippen MR) is 84.1 cm³/mol. The Morgan fingerprint density at radius 1 is 1.37 bits per heavy atom. The maximum absolute atomic E-state index is 5.46. The van der Waals surface area contributed by atoms with E-state index < -0.39 is 0 Å². The van der Waals surface area contributed by atoms with Gasteiger partial charge in [-0.2, -0.15) is 0 Å². The van der Waals surface area contributed by atoms with Crippen molar-refractivity contribution < 1.29 is 4.74 Å². The van der Waals surface area contributed by atoms with Crippen LogP contribution in [-0.4, -0.2) is 22.8 Å². The molecule has 3 aromatic rings. The molecule has 0 N–H and O–H groups in total. The molecule has 19 heavy (non-hydrogen) atoms. The zero-order valence-electron chi connectivity index (χ0n) is 10.5. The Hall–Kier alpha value is -1.17. The first kappa shape index (κ1) is 14.2. The summed E-state index contributed by atoms with van der Waals surface area (Å²) in [5.41, 5.74) is 1.98.